The molecule has 0 bridgehead atoms. The fourth-order valence-electron chi connectivity index (χ4n) is 3.85. The van der Waals surface area contributed by atoms with E-state index in [0.29, 0.717) is 24.3 Å². The number of rotatable bonds is 4. The molecule has 5 nitrogen and oxygen atoms in total. The molecule has 1 saturated heterocycles. The average Bonchev–Trinajstić information content (AvgIpc) is 3.07. The van der Waals surface area contributed by atoms with Gasteiger partial charge >= 0.3 is 6.03 Å². The van der Waals surface area contributed by atoms with Crippen LogP contribution in [-0.2, 0) is 6.54 Å². The smallest absolute Gasteiger partial charge is 0.317 e. The zero-order chi connectivity index (χ0) is 16.1. The van der Waals surface area contributed by atoms with Crippen molar-refractivity contribution in [3.8, 4) is 11.8 Å². The highest BCUT2D eigenvalue weighted by atomic mass is 16.5. The molecular weight excluding hydrogens is 290 g/mol. The minimum atomic E-state index is 0.0344. The molecule has 2 aliphatic rings. The summed E-state index contributed by atoms with van der Waals surface area (Å²) in [6.45, 7) is 1.39. The third-order valence-corrected chi connectivity index (χ3v) is 4.90. The number of carbonyl (C=O) groups excluding carboxylic acids is 1. The maximum Gasteiger partial charge on any atom is 0.317 e. The molecule has 1 aromatic carbocycles. The lowest BCUT2D eigenvalue weighted by molar-refractivity contribution is 0.128. The third-order valence-electron chi connectivity index (χ3n) is 4.90. The summed E-state index contributed by atoms with van der Waals surface area (Å²) in [5.74, 6) is 1.37. The van der Waals surface area contributed by atoms with Gasteiger partial charge in [-0.3, -0.25) is 0 Å². The van der Waals surface area contributed by atoms with Crippen LogP contribution in [0.1, 0.15) is 37.7 Å². The second-order valence-electron chi connectivity index (χ2n) is 6.35. The lowest BCUT2D eigenvalue weighted by Gasteiger charge is -2.37. The molecule has 2 fully saturated rings. The molecule has 1 heterocycles. The lowest BCUT2D eigenvalue weighted by atomic mass is 9.92. The quantitative estimate of drug-likeness (QED) is 0.929. The van der Waals surface area contributed by atoms with Crippen LogP contribution >= 0.6 is 0 Å². The van der Waals surface area contributed by atoms with Crippen molar-refractivity contribution in [1.82, 2.24) is 10.2 Å². The Morgan fingerprint density at radius 2 is 2.22 bits per heavy atom. The Morgan fingerprint density at radius 3 is 3.09 bits per heavy atom. The van der Waals surface area contributed by atoms with Gasteiger partial charge < -0.3 is 15.0 Å². The number of nitrogens with one attached hydrogen (secondary N) is 1. The number of carbonyl (C=O) groups is 1. The molecule has 1 aliphatic heterocycles. The first-order chi connectivity index (χ1) is 11.3. The van der Waals surface area contributed by atoms with Gasteiger partial charge in [0, 0.05) is 19.1 Å². The summed E-state index contributed by atoms with van der Waals surface area (Å²) in [7, 11) is 0. The molecule has 2 atom stereocenters. The van der Waals surface area contributed by atoms with Crippen LogP contribution in [0, 0.1) is 17.2 Å². The Hall–Kier alpha value is -2.22. The first-order valence-electron chi connectivity index (χ1n) is 8.41. The number of likely N-dealkylation sites (tertiary alicyclic amines) is 1. The number of amides is 2. The van der Waals surface area contributed by atoms with Gasteiger partial charge in [0.25, 0.3) is 0 Å². The van der Waals surface area contributed by atoms with E-state index in [4.69, 9.17) is 10.00 Å². The molecule has 3 rings (SSSR count). The largest absolute Gasteiger partial charge is 0.479 e. The van der Waals surface area contributed by atoms with Crippen LogP contribution in [0.4, 0.5) is 4.79 Å². The van der Waals surface area contributed by atoms with E-state index in [9.17, 15) is 4.79 Å². The molecule has 0 radical (unpaired) electrons. The van der Waals surface area contributed by atoms with E-state index in [2.05, 4.69) is 5.32 Å². The van der Waals surface area contributed by atoms with E-state index in [1.54, 1.807) is 0 Å². The molecule has 1 N–H and O–H groups in total. The van der Waals surface area contributed by atoms with Crippen molar-refractivity contribution < 1.29 is 9.53 Å². The minimum Gasteiger partial charge on any atom is -0.479 e. The van der Waals surface area contributed by atoms with Crippen molar-refractivity contribution in [1.29, 1.82) is 5.26 Å². The first-order valence-corrected chi connectivity index (χ1v) is 8.41. The number of hydrogen-bond acceptors (Lipinski definition) is 3. The molecule has 1 saturated carbocycles. The van der Waals surface area contributed by atoms with Crippen molar-refractivity contribution in [3.63, 3.8) is 0 Å². The zero-order valence-electron chi connectivity index (χ0n) is 13.3. The summed E-state index contributed by atoms with van der Waals surface area (Å²) >= 11 is 0. The Bertz CT molecular complexity index is 596. The first kappa shape index (κ1) is 15.7. The lowest BCUT2D eigenvalue weighted by Crippen LogP contribution is -2.50. The van der Waals surface area contributed by atoms with Crippen LogP contribution in [0.3, 0.4) is 0 Å². The van der Waals surface area contributed by atoms with Crippen LogP contribution in [0.5, 0.6) is 5.75 Å². The van der Waals surface area contributed by atoms with Gasteiger partial charge in [-0.05, 0) is 49.3 Å². The topological polar surface area (TPSA) is 65.4 Å². The molecule has 0 unspecified atom stereocenters. The summed E-state index contributed by atoms with van der Waals surface area (Å²) in [5.41, 5.74) is 0.980. The Balaban J connectivity index is 1.55. The Morgan fingerprint density at radius 1 is 1.35 bits per heavy atom. The van der Waals surface area contributed by atoms with E-state index in [1.807, 2.05) is 35.2 Å². The molecule has 122 valence electrons. The average molecular weight is 313 g/mol. The second kappa shape index (κ2) is 7.36. The number of hydrogen-bond donors (Lipinski definition) is 1. The van der Waals surface area contributed by atoms with Gasteiger partial charge in [0.1, 0.15) is 11.8 Å². The number of ether oxygens (including phenoxy) is 1. The minimum absolute atomic E-state index is 0.0344. The van der Waals surface area contributed by atoms with E-state index >= 15 is 0 Å². The van der Waals surface area contributed by atoms with Crippen molar-refractivity contribution >= 4 is 6.03 Å². The van der Waals surface area contributed by atoms with Gasteiger partial charge in [-0.1, -0.05) is 18.6 Å². The number of nitrogens with zero attached hydrogens (tertiary/aromatic N) is 2. The van der Waals surface area contributed by atoms with Crippen LogP contribution in [0.25, 0.3) is 0 Å². The molecular formula is C18H23N3O2. The fourth-order valence-corrected chi connectivity index (χ4v) is 3.85. The molecule has 1 aromatic rings. The maximum atomic E-state index is 12.5. The molecule has 23 heavy (non-hydrogen) atoms. The van der Waals surface area contributed by atoms with E-state index in [0.717, 1.165) is 24.9 Å². The fraction of sp³-hybridized carbons (Fsp3) is 0.556. The van der Waals surface area contributed by atoms with Crippen molar-refractivity contribution in [2.24, 2.45) is 5.92 Å². The molecule has 0 spiro atoms. The van der Waals surface area contributed by atoms with Gasteiger partial charge in [0.05, 0.1) is 0 Å². The van der Waals surface area contributed by atoms with Gasteiger partial charge in [-0.25, -0.2) is 4.79 Å². The normalized spacial score (nSPS) is 23.0. The standard InChI is InChI=1S/C18H23N3O2/c19-9-11-23-16-7-1-4-14(12-16)13-20-18(22)21-10-3-6-15-5-2-8-17(15)21/h1,4,7,12,15,17H,2-3,5-6,8,10-11,13H2,(H,20,22)/t15-,17+/m0/s1. The van der Waals surface area contributed by atoms with Crippen LogP contribution in [-0.4, -0.2) is 30.1 Å². The summed E-state index contributed by atoms with van der Waals surface area (Å²) in [6.07, 6.45) is 6.05. The summed E-state index contributed by atoms with van der Waals surface area (Å²) in [4.78, 5) is 14.6. The van der Waals surface area contributed by atoms with Crippen molar-refractivity contribution in [2.75, 3.05) is 13.2 Å². The molecule has 5 heteroatoms. The highest BCUT2D eigenvalue weighted by molar-refractivity contribution is 5.74. The summed E-state index contributed by atoms with van der Waals surface area (Å²) in [5, 5.41) is 11.6. The highest BCUT2D eigenvalue weighted by Crippen LogP contribution is 2.36. The summed E-state index contributed by atoms with van der Waals surface area (Å²) in [6, 6.07) is 9.95. The summed E-state index contributed by atoms with van der Waals surface area (Å²) < 4.78 is 5.29. The van der Waals surface area contributed by atoms with Gasteiger partial charge in [0.15, 0.2) is 6.61 Å². The van der Waals surface area contributed by atoms with Crippen molar-refractivity contribution in [3.05, 3.63) is 29.8 Å². The molecule has 0 aromatic heterocycles. The van der Waals surface area contributed by atoms with Crippen LogP contribution in [0.15, 0.2) is 24.3 Å². The second-order valence-corrected chi connectivity index (χ2v) is 6.35. The SMILES string of the molecule is N#CCOc1cccc(CNC(=O)N2CCC[C@@H]3CCC[C@H]32)c1. The number of piperidine rings is 1. The van der Waals surface area contributed by atoms with Crippen LogP contribution < -0.4 is 10.1 Å². The Kier molecular flexibility index (Phi) is 5.02. The number of urea groups is 1. The van der Waals surface area contributed by atoms with Crippen LogP contribution in [0.2, 0.25) is 0 Å². The van der Waals surface area contributed by atoms with Gasteiger partial charge in [-0.2, -0.15) is 5.26 Å². The Labute approximate surface area is 137 Å². The van der Waals surface area contributed by atoms with Gasteiger partial charge in [0.2, 0.25) is 0 Å². The maximum absolute atomic E-state index is 12.5. The monoisotopic (exact) mass is 313 g/mol. The van der Waals surface area contributed by atoms with E-state index < -0.39 is 0 Å². The number of fused-ring (bicyclic) bond motifs is 1. The van der Waals surface area contributed by atoms with E-state index in [1.165, 1.54) is 19.3 Å². The van der Waals surface area contributed by atoms with Crippen molar-refractivity contribution in [2.45, 2.75) is 44.7 Å². The molecule has 1 aliphatic carbocycles. The predicted molar refractivity (Wildman–Crippen MR) is 86.9 cm³/mol. The zero-order valence-corrected chi connectivity index (χ0v) is 13.3. The van der Waals surface area contributed by atoms with E-state index in [-0.39, 0.29) is 12.6 Å². The number of nitriles is 1. The third kappa shape index (κ3) is 3.76. The predicted octanol–water partition coefficient (Wildman–Crippen LogP) is 3.06. The van der Waals surface area contributed by atoms with Gasteiger partial charge in [-0.15, -0.1) is 0 Å². The number of benzene rings is 1. The molecule has 2 amide bonds. The highest BCUT2D eigenvalue weighted by Gasteiger charge is 2.37.